The second-order valence-electron chi connectivity index (χ2n) is 6.59. The van der Waals surface area contributed by atoms with Gasteiger partial charge in [-0.3, -0.25) is 9.59 Å². The SMILES string of the molecule is CC(C)CC1NC(=O)C(C)N(C2CCCC2C)C1=O. The monoisotopic (exact) mass is 266 g/mol. The van der Waals surface area contributed by atoms with Gasteiger partial charge in [-0.2, -0.15) is 0 Å². The van der Waals surface area contributed by atoms with E-state index in [1.54, 1.807) is 0 Å². The molecule has 1 N–H and O–H groups in total. The Morgan fingerprint density at radius 2 is 1.95 bits per heavy atom. The van der Waals surface area contributed by atoms with Crippen LogP contribution < -0.4 is 5.32 Å². The Bertz CT molecular complexity index is 367. The summed E-state index contributed by atoms with van der Waals surface area (Å²) in [4.78, 5) is 26.6. The van der Waals surface area contributed by atoms with E-state index in [0.29, 0.717) is 11.8 Å². The first kappa shape index (κ1) is 14.4. The zero-order valence-corrected chi connectivity index (χ0v) is 12.5. The summed E-state index contributed by atoms with van der Waals surface area (Å²) in [6, 6.07) is -0.388. The van der Waals surface area contributed by atoms with Gasteiger partial charge in [-0.05, 0) is 38.0 Å². The molecule has 2 aliphatic rings. The number of hydrogen-bond donors (Lipinski definition) is 1. The predicted molar refractivity (Wildman–Crippen MR) is 74.5 cm³/mol. The number of nitrogens with one attached hydrogen (secondary N) is 1. The van der Waals surface area contributed by atoms with Crippen LogP contribution in [0.15, 0.2) is 0 Å². The van der Waals surface area contributed by atoms with Crippen LogP contribution in [0.1, 0.15) is 53.4 Å². The minimum Gasteiger partial charge on any atom is -0.343 e. The minimum absolute atomic E-state index is 0.00403. The van der Waals surface area contributed by atoms with Crippen molar-refractivity contribution < 1.29 is 9.59 Å². The topological polar surface area (TPSA) is 49.4 Å². The van der Waals surface area contributed by atoms with E-state index in [-0.39, 0.29) is 29.9 Å². The standard InChI is InChI=1S/C15H26N2O2/c1-9(2)8-12-15(19)17(11(4)14(18)16-12)13-7-5-6-10(13)3/h9-13H,5-8H2,1-4H3,(H,16,18). The molecule has 1 aliphatic heterocycles. The van der Waals surface area contributed by atoms with Gasteiger partial charge in [0.2, 0.25) is 11.8 Å². The first-order valence-corrected chi connectivity index (χ1v) is 7.54. The number of carbonyl (C=O) groups is 2. The van der Waals surface area contributed by atoms with E-state index in [2.05, 4.69) is 26.1 Å². The van der Waals surface area contributed by atoms with Gasteiger partial charge in [-0.1, -0.05) is 27.2 Å². The van der Waals surface area contributed by atoms with Crippen molar-refractivity contribution >= 4 is 11.8 Å². The molecule has 4 heteroatoms. The van der Waals surface area contributed by atoms with Crippen molar-refractivity contribution in [1.29, 1.82) is 0 Å². The Kier molecular flexibility index (Phi) is 4.16. The van der Waals surface area contributed by atoms with E-state index in [1.165, 1.54) is 6.42 Å². The van der Waals surface area contributed by atoms with Gasteiger partial charge in [0.05, 0.1) is 0 Å². The molecule has 19 heavy (non-hydrogen) atoms. The van der Waals surface area contributed by atoms with Gasteiger partial charge in [-0.15, -0.1) is 0 Å². The highest BCUT2D eigenvalue weighted by molar-refractivity contribution is 5.97. The molecule has 2 rings (SSSR count). The summed E-state index contributed by atoms with van der Waals surface area (Å²) >= 11 is 0. The fourth-order valence-corrected chi connectivity index (χ4v) is 3.47. The Labute approximate surface area is 115 Å². The molecule has 1 saturated heterocycles. The molecule has 1 heterocycles. The predicted octanol–water partition coefficient (Wildman–Crippen LogP) is 1.94. The number of carbonyl (C=O) groups excluding carboxylic acids is 2. The third kappa shape index (κ3) is 2.77. The Morgan fingerprint density at radius 3 is 2.47 bits per heavy atom. The fourth-order valence-electron chi connectivity index (χ4n) is 3.47. The van der Waals surface area contributed by atoms with Crippen LogP contribution in [0, 0.1) is 11.8 Å². The van der Waals surface area contributed by atoms with Gasteiger partial charge in [0.1, 0.15) is 12.1 Å². The highest BCUT2D eigenvalue weighted by Gasteiger charge is 2.44. The zero-order chi connectivity index (χ0) is 14.2. The van der Waals surface area contributed by atoms with Crippen molar-refractivity contribution in [3.63, 3.8) is 0 Å². The first-order valence-electron chi connectivity index (χ1n) is 7.54. The van der Waals surface area contributed by atoms with Crippen LogP contribution in [-0.2, 0) is 9.59 Å². The van der Waals surface area contributed by atoms with E-state index < -0.39 is 0 Å². The minimum atomic E-state index is -0.323. The molecule has 0 bridgehead atoms. The summed E-state index contributed by atoms with van der Waals surface area (Å²) in [7, 11) is 0. The molecule has 2 fully saturated rings. The van der Waals surface area contributed by atoms with Gasteiger partial charge in [0.15, 0.2) is 0 Å². The maximum atomic E-state index is 12.7. The van der Waals surface area contributed by atoms with Crippen molar-refractivity contribution in [1.82, 2.24) is 10.2 Å². The highest BCUT2D eigenvalue weighted by atomic mass is 16.2. The lowest BCUT2D eigenvalue weighted by Crippen LogP contribution is -2.65. The Morgan fingerprint density at radius 1 is 1.26 bits per heavy atom. The summed E-state index contributed by atoms with van der Waals surface area (Å²) in [5.74, 6) is 1.05. The largest absolute Gasteiger partial charge is 0.343 e. The molecule has 0 radical (unpaired) electrons. The van der Waals surface area contributed by atoms with Crippen LogP contribution in [0.4, 0.5) is 0 Å². The molecule has 2 amide bonds. The van der Waals surface area contributed by atoms with Gasteiger partial charge in [0.25, 0.3) is 0 Å². The summed E-state index contributed by atoms with van der Waals surface area (Å²) in [6.45, 7) is 8.21. The summed E-state index contributed by atoms with van der Waals surface area (Å²) in [5, 5.41) is 2.89. The van der Waals surface area contributed by atoms with E-state index in [0.717, 1.165) is 19.3 Å². The normalized spacial score (nSPS) is 35.9. The van der Waals surface area contributed by atoms with Crippen LogP contribution in [0.25, 0.3) is 0 Å². The maximum Gasteiger partial charge on any atom is 0.246 e. The number of nitrogens with zero attached hydrogens (tertiary/aromatic N) is 1. The van der Waals surface area contributed by atoms with Crippen LogP contribution in [0.3, 0.4) is 0 Å². The van der Waals surface area contributed by atoms with E-state index in [9.17, 15) is 9.59 Å². The molecule has 4 unspecified atom stereocenters. The van der Waals surface area contributed by atoms with Crippen LogP contribution >= 0.6 is 0 Å². The summed E-state index contributed by atoms with van der Waals surface area (Å²) < 4.78 is 0. The third-order valence-electron chi connectivity index (χ3n) is 4.55. The zero-order valence-electron chi connectivity index (χ0n) is 12.5. The molecular formula is C15H26N2O2. The van der Waals surface area contributed by atoms with Gasteiger partial charge < -0.3 is 10.2 Å². The van der Waals surface area contributed by atoms with Crippen molar-refractivity contribution in [2.45, 2.75) is 71.5 Å². The number of rotatable bonds is 3. The van der Waals surface area contributed by atoms with E-state index in [1.807, 2.05) is 11.8 Å². The molecule has 4 atom stereocenters. The van der Waals surface area contributed by atoms with Crippen molar-refractivity contribution in [2.24, 2.45) is 11.8 Å². The fraction of sp³-hybridized carbons (Fsp3) is 0.867. The average molecular weight is 266 g/mol. The quantitative estimate of drug-likeness (QED) is 0.848. The van der Waals surface area contributed by atoms with E-state index >= 15 is 0 Å². The average Bonchev–Trinajstić information content (AvgIpc) is 2.72. The van der Waals surface area contributed by atoms with Crippen molar-refractivity contribution in [3.05, 3.63) is 0 Å². The third-order valence-corrected chi connectivity index (χ3v) is 4.55. The summed E-state index contributed by atoms with van der Waals surface area (Å²) in [6.07, 6.45) is 4.10. The molecule has 1 aliphatic carbocycles. The van der Waals surface area contributed by atoms with Crippen molar-refractivity contribution in [3.8, 4) is 0 Å². The molecular weight excluding hydrogens is 240 g/mol. The molecule has 0 aromatic rings. The second kappa shape index (κ2) is 5.51. The van der Waals surface area contributed by atoms with E-state index in [4.69, 9.17) is 0 Å². The van der Waals surface area contributed by atoms with Crippen LogP contribution in [0.2, 0.25) is 0 Å². The highest BCUT2D eigenvalue weighted by Crippen LogP contribution is 2.32. The number of amides is 2. The Balaban J connectivity index is 2.18. The lowest BCUT2D eigenvalue weighted by Gasteiger charge is -2.42. The van der Waals surface area contributed by atoms with Gasteiger partial charge in [0, 0.05) is 6.04 Å². The van der Waals surface area contributed by atoms with Crippen LogP contribution in [-0.4, -0.2) is 34.8 Å². The number of hydrogen-bond acceptors (Lipinski definition) is 2. The summed E-state index contributed by atoms with van der Waals surface area (Å²) in [5.41, 5.74) is 0. The molecule has 0 aromatic carbocycles. The molecule has 4 nitrogen and oxygen atoms in total. The lowest BCUT2D eigenvalue weighted by atomic mass is 9.95. The molecule has 1 saturated carbocycles. The maximum absolute atomic E-state index is 12.7. The Hall–Kier alpha value is -1.06. The molecule has 0 spiro atoms. The van der Waals surface area contributed by atoms with Gasteiger partial charge in [-0.25, -0.2) is 0 Å². The van der Waals surface area contributed by atoms with Crippen molar-refractivity contribution in [2.75, 3.05) is 0 Å². The molecule has 108 valence electrons. The number of piperazine rings is 1. The second-order valence-corrected chi connectivity index (χ2v) is 6.59. The lowest BCUT2D eigenvalue weighted by molar-refractivity contribution is -0.152. The first-order chi connectivity index (χ1) is 8.91. The van der Waals surface area contributed by atoms with Gasteiger partial charge >= 0.3 is 0 Å². The van der Waals surface area contributed by atoms with Crippen LogP contribution in [0.5, 0.6) is 0 Å². The molecule has 0 aromatic heterocycles. The smallest absolute Gasteiger partial charge is 0.246 e.